The maximum Gasteiger partial charge on any atom is 0.265 e. The zero-order valence-corrected chi connectivity index (χ0v) is 30.7. The number of nitrogens with zero attached hydrogens (tertiary/aromatic N) is 5. The van der Waals surface area contributed by atoms with E-state index < -0.39 is 11.3 Å². The quantitative estimate of drug-likeness (QED) is 0.125. The molecule has 3 aromatic heterocycles. The van der Waals surface area contributed by atoms with E-state index >= 15 is 0 Å². The van der Waals surface area contributed by atoms with E-state index in [4.69, 9.17) is 15.1 Å². The summed E-state index contributed by atoms with van der Waals surface area (Å²) in [5, 5.41) is 9.10. The molecule has 4 aromatic rings. The summed E-state index contributed by atoms with van der Waals surface area (Å²) in [5.41, 5.74) is 2.90. The second kappa shape index (κ2) is 14.6. The number of aryl methyl sites for hydroxylation is 3. The van der Waals surface area contributed by atoms with E-state index in [2.05, 4.69) is 65.2 Å². The van der Waals surface area contributed by atoms with Gasteiger partial charge >= 0.3 is 0 Å². The molecule has 7 rings (SSSR count). The van der Waals surface area contributed by atoms with Crippen LogP contribution in [-0.4, -0.2) is 50.2 Å². The van der Waals surface area contributed by atoms with Crippen molar-refractivity contribution < 1.29 is 13.6 Å². The number of anilines is 2. The number of pyridine rings is 2. The van der Waals surface area contributed by atoms with Gasteiger partial charge in [-0.25, -0.2) is 23.4 Å². The van der Waals surface area contributed by atoms with E-state index in [9.17, 15) is 13.6 Å². The van der Waals surface area contributed by atoms with Crippen LogP contribution in [0.4, 0.5) is 20.4 Å². The van der Waals surface area contributed by atoms with Crippen LogP contribution in [0, 0.1) is 11.3 Å². The van der Waals surface area contributed by atoms with Gasteiger partial charge in [-0.2, -0.15) is 5.10 Å². The number of hydrogen-bond acceptors (Lipinski definition) is 7. The topological polar surface area (TPSA) is 88.0 Å². The molecule has 51 heavy (non-hydrogen) atoms. The van der Waals surface area contributed by atoms with Crippen LogP contribution in [0.15, 0.2) is 71.9 Å². The first kappa shape index (κ1) is 35.4. The van der Waals surface area contributed by atoms with Gasteiger partial charge in [0.15, 0.2) is 5.82 Å². The van der Waals surface area contributed by atoms with Crippen LogP contribution >= 0.6 is 11.9 Å². The van der Waals surface area contributed by atoms with Gasteiger partial charge in [0.05, 0.1) is 11.3 Å². The number of halogens is 2. The normalized spacial score (nSPS) is 19.7. The van der Waals surface area contributed by atoms with Crippen LogP contribution in [0.5, 0.6) is 0 Å². The Morgan fingerprint density at radius 1 is 0.980 bits per heavy atom. The van der Waals surface area contributed by atoms with Crippen molar-refractivity contribution in [3.8, 4) is 5.82 Å². The number of rotatable bonds is 10. The zero-order chi connectivity index (χ0) is 35.6. The van der Waals surface area contributed by atoms with Crippen molar-refractivity contribution in [2.45, 2.75) is 108 Å². The fourth-order valence-corrected chi connectivity index (χ4v) is 8.56. The molecule has 2 fully saturated rings. The van der Waals surface area contributed by atoms with Crippen molar-refractivity contribution in [2.75, 3.05) is 23.3 Å². The Bertz CT molecular complexity index is 1840. The standard InChI is InChI=1S/C40H49F2N7OS/c1-38(2)26-30-12-9-22-43-33-24-29(15-14-28-10-5-4-6-11-28)25-35(44-33)51-47-37(50)32-16-17-34(45-36(32)48(38)27-30)49-23-18-31(46-49)13-7-8-19-40(20-21-40)39(3,41)42/h4-6,10-11,16-18,23-25,30H,7-9,12-15,19-22,26-27H2,1-3H3,(H,43,44)(H,47,50). The Morgan fingerprint density at radius 2 is 1.78 bits per heavy atom. The molecule has 1 amide bonds. The zero-order valence-electron chi connectivity index (χ0n) is 29.9. The van der Waals surface area contributed by atoms with Crippen LogP contribution in [0.3, 0.4) is 0 Å². The van der Waals surface area contributed by atoms with E-state index in [1.807, 2.05) is 30.5 Å². The van der Waals surface area contributed by atoms with Crippen molar-refractivity contribution in [3.63, 3.8) is 0 Å². The molecule has 1 aliphatic carbocycles. The second-order valence-electron chi connectivity index (χ2n) is 15.4. The summed E-state index contributed by atoms with van der Waals surface area (Å²) in [7, 11) is 0. The molecule has 2 N–H and O–H groups in total. The number of fused-ring (bicyclic) bond motifs is 6. The summed E-state index contributed by atoms with van der Waals surface area (Å²) in [6, 6.07) is 20.3. The molecule has 270 valence electrons. The lowest BCUT2D eigenvalue weighted by Gasteiger charge is -2.34. The highest BCUT2D eigenvalue weighted by Gasteiger charge is 2.57. The number of hydrogen-bond donors (Lipinski definition) is 2. The lowest BCUT2D eigenvalue weighted by Crippen LogP contribution is -2.40. The smallest absolute Gasteiger partial charge is 0.265 e. The van der Waals surface area contributed by atoms with Gasteiger partial charge in [0.2, 0.25) is 0 Å². The maximum absolute atomic E-state index is 14.0. The van der Waals surface area contributed by atoms with Crippen molar-refractivity contribution in [2.24, 2.45) is 11.3 Å². The van der Waals surface area contributed by atoms with Crippen LogP contribution in [0.2, 0.25) is 0 Å². The van der Waals surface area contributed by atoms with Gasteiger partial charge in [-0.15, -0.1) is 0 Å². The Balaban J connectivity index is 1.10. The molecule has 1 unspecified atom stereocenters. The molecule has 4 bridgehead atoms. The Hall–Kier alpha value is -3.99. The number of carbonyl (C=O) groups excluding carboxylic acids is 1. The highest BCUT2D eigenvalue weighted by atomic mass is 32.2. The van der Waals surface area contributed by atoms with Crippen molar-refractivity contribution in [1.29, 1.82) is 0 Å². The van der Waals surface area contributed by atoms with Gasteiger partial charge in [0.1, 0.15) is 16.7 Å². The summed E-state index contributed by atoms with van der Waals surface area (Å²) < 4.78 is 32.8. The molecular weight excluding hydrogens is 665 g/mol. The third-order valence-electron chi connectivity index (χ3n) is 11.1. The lowest BCUT2D eigenvalue weighted by molar-refractivity contribution is -0.0586. The van der Waals surface area contributed by atoms with Gasteiger partial charge in [-0.1, -0.05) is 36.8 Å². The maximum atomic E-state index is 14.0. The lowest BCUT2D eigenvalue weighted by atomic mass is 9.92. The molecule has 0 spiro atoms. The minimum Gasteiger partial charge on any atom is -0.370 e. The number of nitrogens with one attached hydrogen (secondary N) is 2. The number of unbranched alkanes of at least 4 members (excludes halogenated alkanes) is 1. The van der Waals surface area contributed by atoms with Gasteiger partial charge in [0, 0.05) is 42.2 Å². The summed E-state index contributed by atoms with van der Waals surface area (Å²) in [4.78, 5) is 26.2. The van der Waals surface area contributed by atoms with E-state index in [1.165, 1.54) is 23.1 Å². The largest absolute Gasteiger partial charge is 0.370 e. The molecule has 3 aliphatic rings. The van der Waals surface area contributed by atoms with Crippen molar-refractivity contribution in [3.05, 3.63) is 89.2 Å². The van der Waals surface area contributed by atoms with Crippen molar-refractivity contribution >= 4 is 29.5 Å². The highest BCUT2D eigenvalue weighted by Crippen LogP contribution is 2.59. The predicted octanol–water partition coefficient (Wildman–Crippen LogP) is 8.84. The number of amides is 1. The van der Waals surface area contributed by atoms with Gasteiger partial charge < -0.3 is 10.2 Å². The average Bonchev–Trinajstić information content (AvgIpc) is 3.66. The van der Waals surface area contributed by atoms with Gasteiger partial charge in [0.25, 0.3) is 11.8 Å². The fourth-order valence-electron chi connectivity index (χ4n) is 7.89. The van der Waals surface area contributed by atoms with E-state index in [1.54, 1.807) is 4.68 Å². The van der Waals surface area contributed by atoms with Crippen molar-refractivity contribution in [1.82, 2.24) is 24.5 Å². The molecule has 0 radical (unpaired) electrons. The monoisotopic (exact) mass is 713 g/mol. The van der Waals surface area contributed by atoms with Gasteiger partial charge in [-0.05, 0) is 132 Å². The summed E-state index contributed by atoms with van der Waals surface area (Å²) in [6.07, 6.45) is 10.9. The Labute approximate surface area is 304 Å². The molecule has 8 nitrogen and oxygen atoms in total. The third kappa shape index (κ3) is 8.24. The third-order valence-corrected chi connectivity index (χ3v) is 11.8. The summed E-state index contributed by atoms with van der Waals surface area (Å²) in [5.74, 6) is -0.238. The van der Waals surface area contributed by atoms with Gasteiger partial charge in [-0.3, -0.25) is 9.52 Å². The van der Waals surface area contributed by atoms with Crippen LogP contribution < -0.4 is 14.9 Å². The van der Waals surface area contributed by atoms with Crippen LogP contribution in [-0.2, 0) is 19.3 Å². The number of benzene rings is 1. The molecule has 2 aliphatic heterocycles. The molecule has 11 heteroatoms. The highest BCUT2D eigenvalue weighted by molar-refractivity contribution is 7.97. The first-order chi connectivity index (χ1) is 24.5. The van der Waals surface area contributed by atoms with Crippen LogP contribution in [0.1, 0.15) is 99.3 Å². The number of alkyl halides is 2. The molecule has 1 saturated carbocycles. The number of carbonyl (C=O) groups is 1. The Morgan fingerprint density at radius 3 is 2.57 bits per heavy atom. The predicted molar refractivity (Wildman–Crippen MR) is 200 cm³/mol. The Kier molecular flexibility index (Phi) is 10.1. The minimum atomic E-state index is -2.61. The SMILES string of the molecule is CC1(C)CC2CCCNc3cc(CCc4ccccc4)cc(n3)SNC(=O)c3ccc(-n4ccc(CCCCC5(C(C)(F)F)CC5)n4)nc3N1C2. The summed E-state index contributed by atoms with van der Waals surface area (Å²) >= 11 is 1.23. The minimum absolute atomic E-state index is 0.189. The molecule has 5 heterocycles. The average molecular weight is 714 g/mol. The second-order valence-corrected chi connectivity index (χ2v) is 16.3. The molecule has 1 atom stereocenters. The fraction of sp³-hybridized carbons (Fsp3) is 0.500. The van der Waals surface area contributed by atoms with E-state index in [0.717, 1.165) is 87.9 Å². The first-order valence-electron chi connectivity index (χ1n) is 18.5. The molecular formula is C40H49F2N7OS. The van der Waals surface area contributed by atoms with E-state index in [-0.39, 0.29) is 11.4 Å². The molecule has 1 saturated heterocycles. The first-order valence-corrected chi connectivity index (χ1v) is 19.3. The molecule has 1 aromatic carbocycles. The van der Waals surface area contributed by atoms with Crippen LogP contribution in [0.25, 0.3) is 5.82 Å². The number of aromatic nitrogens is 4. The van der Waals surface area contributed by atoms with E-state index in [0.29, 0.717) is 42.4 Å². The summed E-state index contributed by atoms with van der Waals surface area (Å²) in [6.45, 7) is 7.17.